The molecule has 4 rings (SSSR count). The second-order valence-electron chi connectivity index (χ2n) is 8.11. The Hall–Kier alpha value is -3.01. The van der Waals surface area contributed by atoms with Gasteiger partial charge < -0.3 is 15.0 Å². The summed E-state index contributed by atoms with van der Waals surface area (Å²) in [5, 5.41) is 2.83. The zero-order chi connectivity index (χ0) is 24.7. The molecule has 0 atom stereocenters. The third-order valence-corrected chi connectivity index (χ3v) is 8.70. The Bertz CT molecular complexity index is 1230. The van der Waals surface area contributed by atoms with E-state index in [-0.39, 0.29) is 10.8 Å². The van der Waals surface area contributed by atoms with Crippen LogP contribution in [0.4, 0.5) is 11.4 Å². The maximum Gasteiger partial charge on any atom is 0.243 e. The minimum Gasteiger partial charge on any atom is -0.495 e. The molecule has 1 heterocycles. The molecule has 1 aliphatic heterocycles. The van der Waals surface area contributed by atoms with E-state index in [9.17, 15) is 13.2 Å². The van der Waals surface area contributed by atoms with Crippen molar-refractivity contribution in [1.82, 2.24) is 4.31 Å². The van der Waals surface area contributed by atoms with E-state index in [1.807, 2.05) is 54.6 Å². The Morgan fingerprint density at radius 1 is 0.914 bits per heavy atom. The number of sulfonamides is 1. The van der Waals surface area contributed by atoms with Gasteiger partial charge in [-0.1, -0.05) is 42.5 Å². The summed E-state index contributed by atoms with van der Waals surface area (Å²) in [7, 11) is -1.98. The maximum atomic E-state index is 13.2. The lowest BCUT2D eigenvalue weighted by Gasteiger charge is -2.35. The fourth-order valence-corrected chi connectivity index (χ4v) is 6.16. The Morgan fingerprint density at radius 3 is 2.26 bits per heavy atom. The van der Waals surface area contributed by atoms with Crippen molar-refractivity contribution in [3.63, 3.8) is 0 Å². The lowest BCUT2D eigenvalue weighted by molar-refractivity contribution is -0.113. The second kappa shape index (κ2) is 11.6. The molecule has 0 saturated carbocycles. The maximum absolute atomic E-state index is 13.2. The van der Waals surface area contributed by atoms with E-state index in [2.05, 4.69) is 10.2 Å². The van der Waals surface area contributed by atoms with Crippen LogP contribution in [0.1, 0.15) is 5.56 Å². The Labute approximate surface area is 211 Å². The second-order valence-corrected chi connectivity index (χ2v) is 11.0. The van der Waals surface area contributed by atoms with Crippen molar-refractivity contribution >= 4 is 39.1 Å². The molecule has 0 spiro atoms. The van der Waals surface area contributed by atoms with Crippen molar-refractivity contribution in [2.24, 2.45) is 0 Å². The molecule has 9 heteroatoms. The van der Waals surface area contributed by atoms with Crippen molar-refractivity contribution in [1.29, 1.82) is 0 Å². The van der Waals surface area contributed by atoms with E-state index in [1.54, 1.807) is 31.4 Å². The van der Waals surface area contributed by atoms with Crippen LogP contribution in [0.2, 0.25) is 0 Å². The first-order valence-corrected chi connectivity index (χ1v) is 14.0. The van der Waals surface area contributed by atoms with Gasteiger partial charge in [0.1, 0.15) is 5.75 Å². The van der Waals surface area contributed by atoms with E-state index < -0.39 is 10.0 Å². The molecule has 3 aromatic rings. The largest absolute Gasteiger partial charge is 0.495 e. The number of para-hydroxylation sites is 2. The summed E-state index contributed by atoms with van der Waals surface area (Å²) in [6.45, 7) is 1.93. The molecule has 0 radical (unpaired) electrons. The van der Waals surface area contributed by atoms with Gasteiger partial charge in [0.25, 0.3) is 0 Å². The number of rotatable bonds is 9. The summed E-state index contributed by atoms with van der Waals surface area (Å²) >= 11 is 1.53. The van der Waals surface area contributed by atoms with E-state index in [0.717, 1.165) is 17.2 Å². The minimum atomic E-state index is -3.61. The van der Waals surface area contributed by atoms with E-state index in [1.165, 1.54) is 21.6 Å². The van der Waals surface area contributed by atoms with E-state index in [4.69, 9.17) is 4.74 Å². The predicted octanol–water partition coefficient (Wildman–Crippen LogP) is 4.08. The third-order valence-electron chi connectivity index (χ3n) is 5.79. The molecule has 0 bridgehead atoms. The van der Waals surface area contributed by atoms with Crippen LogP contribution in [0.25, 0.3) is 0 Å². The first-order valence-electron chi connectivity index (χ1n) is 11.4. The fourth-order valence-electron chi connectivity index (χ4n) is 3.95. The van der Waals surface area contributed by atoms with Crippen LogP contribution in [0.5, 0.6) is 5.75 Å². The summed E-state index contributed by atoms with van der Waals surface area (Å²) in [6, 6.07) is 24.1. The quantitative estimate of drug-likeness (QED) is 0.467. The Balaban J connectivity index is 1.30. The molecule has 3 aromatic carbocycles. The number of ether oxygens (including phenoxy) is 1. The number of carbonyl (C=O) groups excluding carboxylic acids is 1. The van der Waals surface area contributed by atoms with Crippen LogP contribution in [-0.2, 0) is 20.6 Å². The highest BCUT2D eigenvalue weighted by Crippen LogP contribution is 2.29. The highest BCUT2D eigenvalue weighted by molar-refractivity contribution is 7.99. The molecule has 35 heavy (non-hydrogen) atoms. The van der Waals surface area contributed by atoms with Gasteiger partial charge in [-0.2, -0.15) is 4.31 Å². The van der Waals surface area contributed by atoms with E-state index in [0.29, 0.717) is 37.6 Å². The number of nitrogens with zero attached hydrogens (tertiary/aromatic N) is 2. The van der Waals surface area contributed by atoms with Crippen molar-refractivity contribution in [2.45, 2.75) is 10.6 Å². The standard InChI is InChI=1S/C26H29N3O4S2/c1-33-25-10-6-5-9-24(25)28-15-17-29(18-16-28)35(31,32)23-13-11-22(12-14-23)27-26(30)20-34-19-21-7-3-2-4-8-21/h2-14H,15-20H2,1H3,(H,27,30). The molecule has 1 fully saturated rings. The predicted molar refractivity (Wildman–Crippen MR) is 142 cm³/mol. The number of anilines is 2. The van der Waals surface area contributed by atoms with Crippen molar-refractivity contribution < 1.29 is 17.9 Å². The van der Waals surface area contributed by atoms with Crippen molar-refractivity contribution in [3.8, 4) is 5.75 Å². The number of piperazine rings is 1. The summed E-state index contributed by atoms with van der Waals surface area (Å²) in [4.78, 5) is 14.6. The number of carbonyl (C=O) groups is 1. The summed E-state index contributed by atoms with van der Waals surface area (Å²) < 4.78 is 33.3. The molecule has 0 aliphatic carbocycles. The number of amides is 1. The number of hydrogen-bond donors (Lipinski definition) is 1. The normalized spacial score (nSPS) is 14.5. The molecule has 0 unspecified atom stereocenters. The van der Waals surface area contributed by atoms with Crippen LogP contribution in [0.15, 0.2) is 83.8 Å². The summed E-state index contributed by atoms with van der Waals surface area (Å²) in [6.07, 6.45) is 0. The van der Waals surface area contributed by atoms with Gasteiger partial charge in [0, 0.05) is 37.6 Å². The molecule has 7 nitrogen and oxygen atoms in total. The lowest BCUT2D eigenvalue weighted by atomic mass is 10.2. The average molecular weight is 512 g/mol. The van der Waals surface area contributed by atoms with Gasteiger partial charge in [0.2, 0.25) is 15.9 Å². The number of thioether (sulfide) groups is 1. The highest BCUT2D eigenvalue weighted by atomic mass is 32.2. The zero-order valence-corrected chi connectivity index (χ0v) is 21.2. The van der Waals surface area contributed by atoms with E-state index >= 15 is 0 Å². The fraction of sp³-hybridized carbons (Fsp3) is 0.269. The molecule has 1 saturated heterocycles. The molecule has 1 aliphatic rings. The van der Waals surface area contributed by atoms with Crippen molar-refractivity contribution in [3.05, 3.63) is 84.4 Å². The number of nitrogens with one attached hydrogen (secondary N) is 1. The summed E-state index contributed by atoms with van der Waals surface area (Å²) in [5.41, 5.74) is 2.72. The SMILES string of the molecule is COc1ccccc1N1CCN(S(=O)(=O)c2ccc(NC(=O)CSCc3ccccc3)cc2)CC1. The Morgan fingerprint density at radius 2 is 1.57 bits per heavy atom. The van der Waals surface area contributed by atoms with Gasteiger partial charge in [-0.05, 0) is 42.0 Å². The number of benzene rings is 3. The molecule has 1 amide bonds. The molecule has 184 valence electrons. The molecule has 1 N–H and O–H groups in total. The summed E-state index contributed by atoms with van der Waals surface area (Å²) in [5.74, 6) is 1.75. The van der Waals surface area contributed by atoms with Gasteiger partial charge in [0.05, 0.1) is 23.4 Å². The Kier molecular flexibility index (Phi) is 8.33. The molecule has 0 aromatic heterocycles. The first kappa shape index (κ1) is 25.1. The van der Waals surface area contributed by atoms with Crippen LogP contribution >= 0.6 is 11.8 Å². The third kappa shape index (κ3) is 6.36. The van der Waals surface area contributed by atoms with Crippen LogP contribution in [0.3, 0.4) is 0 Å². The first-order chi connectivity index (χ1) is 17.0. The minimum absolute atomic E-state index is 0.117. The lowest BCUT2D eigenvalue weighted by Crippen LogP contribution is -2.48. The van der Waals surface area contributed by atoms with Gasteiger partial charge in [-0.15, -0.1) is 11.8 Å². The van der Waals surface area contributed by atoms with Gasteiger partial charge >= 0.3 is 0 Å². The number of hydrogen-bond acceptors (Lipinski definition) is 6. The average Bonchev–Trinajstić information content (AvgIpc) is 2.89. The van der Waals surface area contributed by atoms with Crippen LogP contribution < -0.4 is 15.0 Å². The molecular formula is C26H29N3O4S2. The van der Waals surface area contributed by atoms with Crippen LogP contribution in [-0.4, -0.2) is 57.7 Å². The smallest absolute Gasteiger partial charge is 0.243 e. The van der Waals surface area contributed by atoms with Crippen LogP contribution in [0, 0.1) is 0 Å². The number of methoxy groups -OCH3 is 1. The monoisotopic (exact) mass is 511 g/mol. The van der Waals surface area contributed by atoms with Gasteiger partial charge in [-0.3, -0.25) is 4.79 Å². The van der Waals surface area contributed by atoms with Gasteiger partial charge in [-0.25, -0.2) is 8.42 Å². The topological polar surface area (TPSA) is 79.0 Å². The van der Waals surface area contributed by atoms with Gasteiger partial charge in [0.15, 0.2) is 0 Å². The zero-order valence-electron chi connectivity index (χ0n) is 19.6. The molecular weight excluding hydrogens is 482 g/mol. The highest BCUT2D eigenvalue weighted by Gasteiger charge is 2.29. The van der Waals surface area contributed by atoms with Crippen molar-refractivity contribution in [2.75, 3.05) is 49.3 Å².